The maximum absolute atomic E-state index is 12.6. The number of carbonyl (C=O) groups excluding carboxylic acids is 1. The standard InChI is InChI=1S/C26H22N2O/c1-17-12-21-15-23(29)16-25(27-24(21)13-18(17)2)20-7-5-8-22(14-20)28-11-10-19-6-3-4-9-26(19)28/h3-14H,15-16H2,1-2H3. The summed E-state index contributed by atoms with van der Waals surface area (Å²) >= 11 is 0. The quantitative estimate of drug-likeness (QED) is 0.429. The molecule has 0 atom stereocenters. The molecule has 1 aliphatic heterocycles. The fourth-order valence-corrected chi connectivity index (χ4v) is 4.06. The smallest absolute Gasteiger partial charge is 0.143 e. The third-order valence-corrected chi connectivity index (χ3v) is 5.76. The van der Waals surface area contributed by atoms with Gasteiger partial charge < -0.3 is 4.57 Å². The summed E-state index contributed by atoms with van der Waals surface area (Å²) < 4.78 is 2.18. The Morgan fingerprint density at radius 1 is 0.862 bits per heavy atom. The number of nitrogens with zero attached hydrogens (tertiary/aromatic N) is 2. The van der Waals surface area contributed by atoms with Crippen LogP contribution in [0, 0.1) is 13.8 Å². The van der Waals surface area contributed by atoms with Gasteiger partial charge in [-0.25, -0.2) is 0 Å². The Morgan fingerprint density at radius 2 is 1.69 bits per heavy atom. The van der Waals surface area contributed by atoms with Crippen LogP contribution in [0.4, 0.5) is 5.69 Å². The number of fused-ring (bicyclic) bond motifs is 2. The summed E-state index contributed by atoms with van der Waals surface area (Å²) in [5, 5.41) is 1.21. The van der Waals surface area contributed by atoms with E-state index in [9.17, 15) is 4.79 Å². The lowest BCUT2D eigenvalue weighted by Crippen LogP contribution is -2.09. The molecule has 0 aliphatic carbocycles. The third-order valence-electron chi connectivity index (χ3n) is 5.76. The molecule has 3 nitrogen and oxygen atoms in total. The van der Waals surface area contributed by atoms with Gasteiger partial charge in [-0.3, -0.25) is 9.79 Å². The molecule has 29 heavy (non-hydrogen) atoms. The van der Waals surface area contributed by atoms with Crippen molar-refractivity contribution in [2.75, 3.05) is 0 Å². The van der Waals surface area contributed by atoms with Crippen LogP contribution in [0.15, 0.2) is 77.9 Å². The van der Waals surface area contributed by atoms with Gasteiger partial charge >= 0.3 is 0 Å². The highest BCUT2D eigenvalue weighted by molar-refractivity contribution is 6.13. The Kier molecular flexibility index (Phi) is 4.17. The van der Waals surface area contributed by atoms with E-state index in [2.05, 4.69) is 79.2 Å². The molecule has 0 unspecified atom stereocenters. The number of para-hydroxylation sites is 1. The van der Waals surface area contributed by atoms with E-state index in [1.54, 1.807) is 0 Å². The minimum absolute atomic E-state index is 0.211. The SMILES string of the molecule is Cc1cc2c(cc1C)N=C(c1cccc(-n3ccc4ccccc43)c1)CC(=O)C2. The summed E-state index contributed by atoms with van der Waals surface area (Å²) in [6.07, 6.45) is 2.90. The Bertz CT molecular complexity index is 1290. The van der Waals surface area contributed by atoms with Gasteiger partial charge in [-0.2, -0.15) is 0 Å². The van der Waals surface area contributed by atoms with Crippen molar-refractivity contribution in [3.63, 3.8) is 0 Å². The second-order valence-corrected chi connectivity index (χ2v) is 7.81. The van der Waals surface area contributed by atoms with Crippen molar-refractivity contribution in [1.29, 1.82) is 0 Å². The summed E-state index contributed by atoms with van der Waals surface area (Å²) in [6, 6.07) is 23.0. The summed E-state index contributed by atoms with van der Waals surface area (Å²) in [6.45, 7) is 4.18. The normalized spacial score (nSPS) is 13.9. The minimum atomic E-state index is 0.211. The van der Waals surface area contributed by atoms with Gasteiger partial charge in [-0.05, 0) is 71.8 Å². The molecule has 2 heterocycles. The fraction of sp³-hybridized carbons (Fsp3) is 0.154. The van der Waals surface area contributed by atoms with Crippen molar-refractivity contribution in [3.05, 3.63) is 95.2 Å². The second-order valence-electron chi connectivity index (χ2n) is 7.81. The van der Waals surface area contributed by atoms with Gasteiger partial charge in [0.25, 0.3) is 0 Å². The molecule has 0 saturated carbocycles. The number of aryl methyl sites for hydroxylation is 2. The molecule has 0 bridgehead atoms. The molecule has 0 fully saturated rings. The zero-order chi connectivity index (χ0) is 20.0. The molecule has 3 heteroatoms. The average molecular weight is 378 g/mol. The number of aliphatic imine (C=N–C) groups is 1. The Hall–Kier alpha value is -3.46. The van der Waals surface area contributed by atoms with Gasteiger partial charge in [0.15, 0.2) is 0 Å². The Labute approximate surface area is 170 Å². The highest BCUT2D eigenvalue weighted by Gasteiger charge is 2.19. The molecule has 0 radical (unpaired) electrons. The number of hydrogen-bond acceptors (Lipinski definition) is 2. The molecule has 0 saturated heterocycles. The van der Waals surface area contributed by atoms with Crippen LogP contribution in [-0.4, -0.2) is 16.1 Å². The van der Waals surface area contributed by atoms with Crippen LogP contribution in [0.3, 0.4) is 0 Å². The van der Waals surface area contributed by atoms with E-state index >= 15 is 0 Å². The average Bonchev–Trinajstić information content (AvgIpc) is 3.08. The van der Waals surface area contributed by atoms with E-state index < -0.39 is 0 Å². The van der Waals surface area contributed by atoms with Crippen LogP contribution in [0.25, 0.3) is 16.6 Å². The number of benzene rings is 3. The zero-order valence-corrected chi connectivity index (χ0v) is 16.6. The maximum Gasteiger partial charge on any atom is 0.143 e. The highest BCUT2D eigenvalue weighted by Crippen LogP contribution is 2.29. The number of aromatic nitrogens is 1. The molecule has 5 rings (SSSR count). The highest BCUT2D eigenvalue weighted by atomic mass is 16.1. The molecular weight excluding hydrogens is 356 g/mol. The molecule has 3 aromatic carbocycles. The topological polar surface area (TPSA) is 34.4 Å². The van der Waals surface area contributed by atoms with Gasteiger partial charge in [0.2, 0.25) is 0 Å². The van der Waals surface area contributed by atoms with Gasteiger partial charge in [-0.1, -0.05) is 36.4 Å². The molecule has 0 N–H and O–H groups in total. The van der Waals surface area contributed by atoms with E-state index in [0.717, 1.165) is 28.2 Å². The summed E-state index contributed by atoms with van der Waals surface area (Å²) in [5.74, 6) is 0.211. The van der Waals surface area contributed by atoms with Crippen molar-refractivity contribution in [1.82, 2.24) is 4.57 Å². The molecule has 0 amide bonds. The summed E-state index contributed by atoms with van der Waals surface area (Å²) in [5.41, 5.74) is 8.44. The van der Waals surface area contributed by atoms with Crippen molar-refractivity contribution in [2.24, 2.45) is 4.99 Å². The molecule has 4 aromatic rings. The first-order chi connectivity index (χ1) is 14.1. The van der Waals surface area contributed by atoms with Crippen molar-refractivity contribution in [2.45, 2.75) is 26.7 Å². The predicted molar refractivity (Wildman–Crippen MR) is 119 cm³/mol. The number of ketones is 1. The first-order valence-electron chi connectivity index (χ1n) is 9.95. The van der Waals surface area contributed by atoms with E-state index in [1.807, 2.05) is 12.1 Å². The predicted octanol–water partition coefficient (Wildman–Crippen LogP) is 5.88. The fourth-order valence-electron chi connectivity index (χ4n) is 4.06. The van der Waals surface area contributed by atoms with Crippen LogP contribution in [0.1, 0.15) is 28.7 Å². The first kappa shape index (κ1) is 17.6. The van der Waals surface area contributed by atoms with Gasteiger partial charge in [0.1, 0.15) is 5.78 Å². The van der Waals surface area contributed by atoms with Crippen molar-refractivity contribution < 1.29 is 4.79 Å². The van der Waals surface area contributed by atoms with Crippen LogP contribution < -0.4 is 0 Å². The van der Waals surface area contributed by atoms with Crippen molar-refractivity contribution >= 4 is 28.1 Å². The second kappa shape index (κ2) is 6.85. The van der Waals surface area contributed by atoms with Crippen LogP contribution in [0.2, 0.25) is 0 Å². The molecular formula is C26H22N2O. The number of carbonyl (C=O) groups is 1. The monoisotopic (exact) mass is 378 g/mol. The third kappa shape index (κ3) is 3.19. The number of hydrogen-bond donors (Lipinski definition) is 0. The molecule has 1 aliphatic rings. The Morgan fingerprint density at radius 3 is 2.59 bits per heavy atom. The summed E-state index contributed by atoms with van der Waals surface area (Å²) in [4.78, 5) is 17.6. The van der Waals surface area contributed by atoms with Crippen LogP contribution >= 0.6 is 0 Å². The molecule has 142 valence electrons. The van der Waals surface area contributed by atoms with Gasteiger partial charge in [0, 0.05) is 24.7 Å². The van der Waals surface area contributed by atoms with E-state index in [-0.39, 0.29) is 5.78 Å². The summed E-state index contributed by atoms with van der Waals surface area (Å²) in [7, 11) is 0. The molecule has 0 spiro atoms. The molecule has 1 aromatic heterocycles. The van der Waals surface area contributed by atoms with Crippen LogP contribution in [-0.2, 0) is 11.2 Å². The lowest BCUT2D eigenvalue weighted by atomic mass is 9.99. The van der Waals surface area contributed by atoms with Crippen molar-refractivity contribution in [3.8, 4) is 5.69 Å². The Balaban J connectivity index is 1.62. The van der Waals surface area contributed by atoms with E-state index in [4.69, 9.17) is 4.99 Å². The largest absolute Gasteiger partial charge is 0.317 e. The lowest BCUT2D eigenvalue weighted by Gasteiger charge is -2.10. The maximum atomic E-state index is 12.6. The van der Waals surface area contributed by atoms with Crippen LogP contribution in [0.5, 0.6) is 0 Å². The zero-order valence-electron chi connectivity index (χ0n) is 16.6. The van der Waals surface area contributed by atoms with E-state index in [1.165, 1.54) is 22.0 Å². The van der Waals surface area contributed by atoms with Gasteiger partial charge in [-0.15, -0.1) is 0 Å². The minimum Gasteiger partial charge on any atom is -0.317 e. The lowest BCUT2D eigenvalue weighted by molar-refractivity contribution is -0.117. The number of rotatable bonds is 2. The first-order valence-corrected chi connectivity index (χ1v) is 9.95. The number of Topliss-reactive ketones (excluding diaryl/α,β-unsaturated/α-hetero) is 1. The van der Waals surface area contributed by atoms with Gasteiger partial charge in [0.05, 0.1) is 16.9 Å². The van der Waals surface area contributed by atoms with E-state index in [0.29, 0.717) is 12.8 Å².